The van der Waals surface area contributed by atoms with Crippen molar-refractivity contribution in [2.24, 2.45) is 0 Å². The van der Waals surface area contributed by atoms with Crippen molar-refractivity contribution in [2.75, 3.05) is 0 Å². The topological polar surface area (TPSA) is 34.1 Å². The lowest BCUT2D eigenvalue weighted by atomic mass is 9.95. The fraction of sp³-hybridized carbons (Fsp3) is 0. The summed E-state index contributed by atoms with van der Waals surface area (Å²) in [5.74, 6) is -0.163. The van der Waals surface area contributed by atoms with E-state index in [1.807, 2.05) is 36.4 Å². The summed E-state index contributed by atoms with van der Waals surface area (Å²) in [6, 6.07) is 28.4. The van der Waals surface area contributed by atoms with E-state index in [1.165, 1.54) is 0 Å². The first kappa shape index (κ1) is 20.1. The normalized spacial score (nSPS) is 10.6. The molecule has 0 aromatic heterocycles. The van der Waals surface area contributed by atoms with Crippen LogP contribution in [0.25, 0.3) is 11.1 Å². The third-order valence-electron chi connectivity index (χ3n) is 4.80. The van der Waals surface area contributed by atoms with Gasteiger partial charge in [0.05, 0.1) is 0 Å². The van der Waals surface area contributed by atoms with Crippen LogP contribution in [0.5, 0.6) is 0 Å². The third kappa shape index (κ3) is 4.35. The predicted molar refractivity (Wildman–Crippen MR) is 122 cm³/mol. The van der Waals surface area contributed by atoms with Crippen molar-refractivity contribution >= 4 is 34.8 Å². The summed E-state index contributed by atoms with van der Waals surface area (Å²) >= 11 is 11.8. The van der Waals surface area contributed by atoms with Crippen molar-refractivity contribution in [1.29, 1.82) is 0 Å². The number of halogens is 2. The lowest BCUT2D eigenvalue weighted by molar-refractivity contribution is 0.103. The van der Waals surface area contributed by atoms with Gasteiger partial charge in [-0.1, -0.05) is 59.6 Å². The molecule has 0 fully saturated rings. The maximum Gasteiger partial charge on any atom is 0.193 e. The number of carbonyl (C=O) groups excluding carboxylic acids is 2. The highest BCUT2D eigenvalue weighted by Crippen LogP contribution is 2.24. The Morgan fingerprint density at radius 3 is 1.20 bits per heavy atom. The van der Waals surface area contributed by atoms with E-state index >= 15 is 0 Å². The minimum absolute atomic E-state index is 0.0816. The Balaban J connectivity index is 1.65. The van der Waals surface area contributed by atoms with Crippen molar-refractivity contribution in [2.45, 2.75) is 0 Å². The highest BCUT2D eigenvalue weighted by molar-refractivity contribution is 6.31. The molecule has 0 N–H and O–H groups in total. The van der Waals surface area contributed by atoms with Gasteiger partial charge in [0.1, 0.15) is 0 Å². The van der Waals surface area contributed by atoms with E-state index in [9.17, 15) is 9.59 Å². The molecule has 0 heterocycles. The van der Waals surface area contributed by atoms with Gasteiger partial charge in [0.25, 0.3) is 0 Å². The number of rotatable bonds is 5. The van der Waals surface area contributed by atoms with Gasteiger partial charge in [-0.3, -0.25) is 9.59 Å². The van der Waals surface area contributed by atoms with Gasteiger partial charge < -0.3 is 0 Å². The van der Waals surface area contributed by atoms with Crippen LogP contribution in [0.3, 0.4) is 0 Å². The first-order chi connectivity index (χ1) is 14.5. The van der Waals surface area contributed by atoms with E-state index in [-0.39, 0.29) is 11.6 Å². The molecule has 0 spiro atoms. The number of hydrogen-bond donors (Lipinski definition) is 0. The van der Waals surface area contributed by atoms with Crippen LogP contribution in [-0.4, -0.2) is 11.6 Å². The van der Waals surface area contributed by atoms with Gasteiger partial charge in [-0.25, -0.2) is 0 Å². The van der Waals surface area contributed by atoms with Crippen LogP contribution in [0, 0.1) is 0 Å². The Hall–Kier alpha value is -3.20. The predicted octanol–water partition coefficient (Wildman–Crippen LogP) is 7.12. The zero-order valence-electron chi connectivity index (χ0n) is 15.8. The standard InChI is InChI=1S/C26H16Cl2O2/c27-23-11-7-17(8-12-23)25(29)21-5-1-3-19(15-21)20-4-2-6-22(16-20)26(30)18-9-13-24(28)14-10-18/h1-16H. The molecule has 30 heavy (non-hydrogen) atoms. The zero-order valence-corrected chi connectivity index (χ0v) is 17.3. The summed E-state index contributed by atoms with van der Waals surface area (Å²) in [4.78, 5) is 25.6. The van der Waals surface area contributed by atoms with Gasteiger partial charge in [0.15, 0.2) is 11.6 Å². The number of ketones is 2. The first-order valence-electron chi connectivity index (χ1n) is 9.32. The molecule has 0 amide bonds. The molecule has 4 aromatic carbocycles. The Morgan fingerprint density at radius 2 is 0.833 bits per heavy atom. The van der Waals surface area contributed by atoms with Crippen LogP contribution in [-0.2, 0) is 0 Å². The van der Waals surface area contributed by atoms with Crippen molar-refractivity contribution in [3.05, 3.63) is 129 Å². The van der Waals surface area contributed by atoms with Crippen molar-refractivity contribution in [1.82, 2.24) is 0 Å². The molecule has 146 valence electrons. The zero-order chi connectivity index (χ0) is 21.1. The van der Waals surface area contributed by atoms with Crippen molar-refractivity contribution in [3.8, 4) is 11.1 Å². The van der Waals surface area contributed by atoms with Crippen LogP contribution in [0.15, 0.2) is 97.1 Å². The number of benzene rings is 4. The van der Waals surface area contributed by atoms with Crippen LogP contribution >= 0.6 is 23.2 Å². The summed E-state index contributed by atoms with van der Waals surface area (Å²) in [6.07, 6.45) is 0. The van der Waals surface area contributed by atoms with Crippen LogP contribution < -0.4 is 0 Å². The van der Waals surface area contributed by atoms with Crippen LogP contribution in [0.1, 0.15) is 31.8 Å². The summed E-state index contributed by atoms with van der Waals surface area (Å²) in [6.45, 7) is 0. The largest absolute Gasteiger partial charge is 0.289 e. The van der Waals surface area contributed by atoms with E-state index < -0.39 is 0 Å². The molecule has 4 rings (SSSR count). The van der Waals surface area contributed by atoms with Gasteiger partial charge in [-0.15, -0.1) is 0 Å². The smallest absolute Gasteiger partial charge is 0.193 e. The van der Waals surface area contributed by atoms with E-state index in [4.69, 9.17) is 23.2 Å². The van der Waals surface area contributed by atoms with Crippen LogP contribution in [0.2, 0.25) is 10.0 Å². The third-order valence-corrected chi connectivity index (χ3v) is 5.30. The fourth-order valence-corrected chi connectivity index (χ4v) is 3.47. The monoisotopic (exact) mass is 430 g/mol. The highest BCUT2D eigenvalue weighted by atomic mass is 35.5. The van der Waals surface area contributed by atoms with Gasteiger partial charge >= 0.3 is 0 Å². The van der Waals surface area contributed by atoms with E-state index in [1.54, 1.807) is 60.7 Å². The van der Waals surface area contributed by atoms with Crippen LogP contribution in [0.4, 0.5) is 0 Å². The molecule has 0 aliphatic heterocycles. The highest BCUT2D eigenvalue weighted by Gasteiger charge is 2.13. The molecule has 0 aliphatic carbocycles. The Bertz CT molecular complexity index is 1130. The second kappa shape index (κ2) is 8.66. The minimum Gasteiger partial charge on any atom is -0.289 e. The molecule has 0 bridgehead atoms. The maximum atomic E-state index is 12.8. The SMILES string of the molecule is O=C(c1ccc(Cl)cc1)c1cccc(-c2cccc(C(=O)c3ccc(Cl)cc3)c2)c1. The fourth-order valence-electron chi connectivity index (χ4n) is 3.22. The number of hydrogen-bond acceptors (Lipinski definition) is 2. The molecule has 0 saturated carbocycles. The van der Waals surface area contributed by atoms with Gasteiger partial charge in [0, 0.05) is 32.3 Å². The minimum atomic E-state index is -0.0816. The molecular formula is C26H16Cl2O2. The Morgan fingerprint density at radius 1 is 0.467 bits per heavy atom. The summed E-state index contributed by atoms with van der Waals surface area (Å²) in [5, 5.41) is 1.17. The molecule has 0 aliphatic rings. The summed E-state index contributed by atoms with van der Waals surface area (Å²) in [5.41, 5.74) is 4.01. The molecule has 0 unspecified atom stereocenters. The lowest BCUT2D eigenvalue weighted by Gasteiger charge is -2.08. The van der Waals surface area contributed by atoms with Crippen molar-refractivity contribution in [3.63, 3.8) is 0 Å². The van der Waals surface area contributed by atoms with Gasteiger partial charge in [-0.05, 0) is 71.8 Å². The van der Waals surface area contributed by atoms with Gasteiger partial charge in [0.2, 0.25) is 0 Å². The second-order valence-electron chi connectivity index (χ2n) is 6.83. The molecular weight excluding hydrogens is 415 g/mol. The molecule has 0 atom stereocenters. The summed E-state index contributed by atoms with van der Waals surface area (Å²) in [7, 11) is 0. The summed E-state index contributed by atoms with van der Waals surface area (Å²) < 4.78 is 0. The average molecular weight is 431 g/mol. The first-order valence-corrected chi connectivity index (χ1v) is 10.1. The Kier molecular flexibility index (Phi) is 5.80. The molecule has 2 nitrogen and oxygen atoms in total. The molecule has 4 aromatic rings. The second-order valence-corrected chi connectivity index (χ2v) is 7.71. The average Bonchev–Trinajstić information content (AvgIpc) is 2.79. The molecule has 4 heteroatoms. The molecule has 0 saturated heterocycles. The number of carbonyl (C=O) groups is 2. The molecule has 0 radical (unpaired) electrons. The van der Waals surface area contributed by atoms with Crippen molar-refractivity contribution < 1.29 is 9.59 Å². The van der Waals surface area contributed by atoms with Gasteiger partial charge in [-0.2, -0.15) is 0 Å². The van der Waals surface area contributed by atoms with E-state index in [0.29, 0.717) is 32.3 Å². The maximum absolute atomic E-state index is 12.8. The van der Waals surface area contributed by atoms with E-state index in [0.717, 1.165) is 11.1 Å². The quantitative estimate of drug-likeness (QED) is 0.315. The lowest BCUT2D eigenvalue weighted by Crippen LogP contribution is -2.02. The Labute approximate surface area is 184 Å². The van der Waals surface area contributed by atoms with E-state index in [2.05, 4.69) is 0 Å².